The molecule has 3 unspecified atom stereocenters. The van der Waals surface area contributed by atoms with E-state index >= 15 is 0 Å². The molecule has 1 aromatic carbocycles. The van der Waals surface area contributed by atoms with Crippen LogP contribution in [0.5, 0.6) is 0 Å². The fourth-order valence-electron chi connectivity index (χ4n) is 4.24. The summed E-state index contributed by atoms with van der Waals surface area (Å²) in [6, 6.07) is 8.44. The van der Waals surface area contributed by atoms with E-state index in [0.29, 0.717) is 11.8 Å². The van der Waals surface area contributed by atoms with E-state index in [9.17, 15) is 0 Å². The van der Waals surface area contributed by atoms with Crippen molar-refractivity contribution in [1.29, 1.82) is 0 Å². The highest BCUT2D eigenvalue weighted by Gasteiger charge is 2.43. The van der Waals surface area contributed by atoms with Gasteiger partial charge in [-0.15, -0.1) is 0 Å². The minimum atomic E-state index is 0.466. The van der Waals surface area contributed by atoms with E-state index in [0.717, 1.165) is 28.7 Å². The molecule has 0 radical (unpaired) electrons. The van der Waals surface area contributed by atoms with Crippen molar-refractivity contribution in [3.8, 4) is 11.1 Å². The molecule has 0 saturated heterocycles. The average Bonchev–Trinajstić information content (AvgIpc) is 3.12. The highest BCUT2D eigenvalue weighted by Crippen LogP contribution is 2.54. The smallest absolute Gasteiger partial charge is 0.230 e. The predicted octanol–water partition coefficient (Wildman–Crippen LogP) is 4.14. The molecule has 1 heterocycles. The second kappa shape index (κ2) is 4.37. The molecular formula is C17H20N2O. The molecule has 20 heavy (non-hydrogen) atoms. The van der Waals surface area contributed by atoms with E-state index in [1.807, 2.05) is 0 Å². The lowest BCUT2D eigenvalue weighted by molar-refractivity contribution is 0.375. The maximum Gasteiger partial charge on any atom is 0.230 e. The largest absolute Gasteiger partial charge is 0.367 e. The first-order chi connectivity index (χ1) is 9.72. The van der Waals surface area contributed by atoms with Gasteiger partial charge in [-0.2, -0.15) is 0 Å². The van der Waals surface area contributed by atoms with E-state index in [1.54, 1.807) is 0 Å². The summed E-state index contributed by atoms with van der Waals surface area (Å²) in [6.45, 7) is 2.10. The van der Waals surface area contributed by atoms with Crippen molar-refractivity contribution >= 4 is 5.88 Å². The molecular weight excluding hydrogens is 248 g/mol. The molecule has 2 aromatic rings. The van der Waals surface area contributed by atoms with Crippen LogP contribution < -0.4 is 5.73 Å². The van der Waals surface area contributed by atoms with Gasteiger partial charge >= 0.3 is 0 Å². The molecule has 0 spiro atoms. The third kappa shape index (κ3) is 1.76. The molecule has 1 aromatic heterocycles. The molecule has 2 saturated carbocycles. The van der Waals surface area contributed by atoms with Gasteiger partial charge in [-0.1, -0.05) is 41.4 Å². The maximum absolute atomic E-state index is 6.06. The molecule has 0 amide bonds. The summed E-state index contributed by atoms with van der Waals surface area (Å²) >= 11 is 0. The summed E-state index contributed by atoms with van der Waals surface area (Å²) in [7, 11) is 0. The third-order valence-electron chi connectivity index (χ3n) is 5.14. The van der Waals surface area contributed by atoms with Crippen LogP contribution in [0.25, 0.3) is 11.1 Å². The van der Waals surface area contributed by atoms with Gasteiger partial charge in [-0.05, 0) is 43.6 Å². The fourth-order valence-corrected chi connectivity index (χ4v) is 4.24. The van der Waals surface area contributed by atoms with Crippen molar-refractivity contribution in [3.63, 3.8) is 0 Å². The number of anilines is 1. The topological polar surface area (TPSA) is 52.0 Å². The minimum absolute atomic E-state index is 0.466. The first-order valence-electron chi connectivity index (χ1n) is 7.54. The summed E-state index contributed by atoms with van der Waals surface area (Å²) in [6.07, 6.45) is 5.36. The monoisotopic (exact) mass is 268 g/mol. The normalized spacial score (nSPS) is 28.1. The molecule has 4 rings (SSSR count). The van der Waals surface area contributed by atoms with Crippen LogP contribution in [-0.4, -0.2) is 5.16 Å². The van der Waals surface area contributed by atoms with Crippen molar-refractivity contribution in [2.45, 2.75) is 38.5 Å². The Balaban J connectivity index is 1.78. The number of hydrogen-bond acceptors (Lipinski definition) is 3. The van der Waals surface area contributed by atoms with Crippen LogP contribution in [0.15, 0.2) is 28.8 Å². The zero-order valence-corrected chi connectivity index (χ0v) is 11.8. The second-order valence-electron chi connectivity index (χ2n) is 6.46. The van der Waals surface area contributed by atoms with E-state index in [4.69, 9.17) is 10.3 Å². The zero-order chi connectivity index (χ0) is 13.7. The predicted molar refractivity (Wildman–Crippen MR) is 79.3 cm³/mol. The van der Waals surface area contributed by atoms with Crippen molar-refractivity contribution < 1.29 is 4.52 Å². The third-order valence-corrected chi connectivity index (χ3v) is 5.14. The van der Waals surface area contributed by atoms with E-state index in [-0.39, 0.29) is 0 Å². The van der Waals surface area contributed by atoms with Gasteiger partial charge in [0.05, 0.1) is 11.3 Å². The summed E-state index contributed by atoms with van der Waals surface area (Å²) < 4.78 is 5.34. The molecule has 104 valence electrons. The quantitative estimate of drug-likeness (QED) is 0.890. The second-order valence-corrected chi connectivity index (χ2v) is 6.46. The highest BCUT2D eigenvalue weighted by molar-refractivity contribution is 5.76. The van der Waals surface area contributed by atoms with Gasteiger partial charge in [0.2, 0.25) is 5.88 Å². The van der Waals surface area contributed by atoms with Crippen molar-refractivity contribution in [2.24, 2.45) is 11.8 Å². The van der Waals surface area contributed by atoms with Crippen LogP contribution >= 0.6 is 0 Å². The van der Waals surface area contributed by atoms with Gasteiger partial charge in [0, 0.05) is 5.92 Å². The van der Waals surface area contributed by atoms with Crippen molar-refractivity contribution in [1.82, 2.24) is 5.16 Å². The van der Waals surface area contributed by atoms with E-state index in [2.05, 4.69) is 36.3 Å². The number of nitrogen functional groups attached to an aromatic ring is 1. The average molecular weight is 268 g/mol. The van der Waals surface area contributed by atoms with Gasteiger partial charge in [-0.25, -0.2) is 0 Å². The van der Waals surface area contributed by atoms with Gasteiger partial charge in [0.15, 0.2) is 0 Å². The Morgan fingerprint density at radius 2 is 2.15 bits per heavy atom. The lowest BCUT2D eigenvalue weighted by Crippen LogP contribution is -2.10. The van der Waals surface area contributed by atoms with Crippen molar-refractivity contribution in [2.75, 3.05) is 5.73 Å². The Hall–Kier alpha value is -1.77. The SMILES string of the molecule is Cc1cccc(-c2c(C3CC4CCC3C4)noc2N)c1. The number of aromatic nitrogens is 1. The lowest BCUT2D eigenvalue weighted by Gasteiger charge is -2.20. The molecule has 3 heteroatoms. The van der Waals surface area contributed by atoms with Crippen LogP contribution in [0.1, 0.15) is 42.9 Å². The molecule has 3 atom stereocenters. The number of nitrogens with zero attached hydrogens (tertiary/aromatic N) is 1. The first kappa shape index (κ1) is 12.0. The number of fused-ring (bicyclic) bond motifs is 2. The number of rotatable bonds is 2. The number of aryl methyl sites for hydroxylation is 1. The van der Waals surface area contributed by atoms with Gasteiger partial charge in [0.25, 0.3) is 0 Å². The standard InChI is InChI=1S/C17H20N2O/c1-10-3-2-4-13(7-10)15-16(19-20-17(15)18)14-9-11-5-6-12(14)8-11/h2-4,7,11-12,14H,5-6,8-9,18H2,1H3. The number of hydrogen-bond donors (Lipinski definition) is 1. The Labute approximate surface area is 119 Å². The van der Waals surface area contributed by atoms with Gasteiger partial charge < -0.3 is 10.3 Å². The van der Waals surface area contributed by atoms with Crippen LogP contribution in [0.2, 0.25) is 0 Å². The summed E-state index contributed by atoms with van der Waals surface area (Å²) in [4.78, 5) is 0. The molecule has 3 nitrogen and oxygen atoms in total. The van der Waals surface area contributed by atoms with Gasteiger partial charge in [0.1, 0.15) is 0 Å². The molecule has 2 N–H and O–H groups in total. The number of nitrogens with two attached hydrogens (primary N) is 1. The lowest BCUT2D eigenvalue weighted by atomic mass is 9.83. The summed E-state index contributed by atoms with van der Waals surface area (Å²) in [5.41, 5.74) is 10.6. The van der Waals surface area contributed by atoms with Gasteiger partial charge in [-0.3, -0.25) is 0 Å². The molecule has 0 aliphatic heterocycles. The zero-order valence-electron chi connectivity index (χ0n) is 11.8. The van der Waals surface area contributed by atoms with Crippen LogP contribution in [0.3, 0.4) is 0 Å². The van der Waals surface area contributed by atoms with Crippen LogP contribution in [0, 0.1) is 18.8 Å². The van der Waals surface area contributed by atoms with E-state index < -0.39 is 0 Å². The fraction of sp³-hybridized carbons (Fsp3) is 0.471. The van der Waals surface area contributed by atoms with E-state index in [1.165, 1.54) is 31.2 Å². The van der Waals surface area contributed by atoms with Crippen LogP contribution in [-0.2, 0) is 0 Å². The Bertz CT molecular complexity index is 646. The minimum Gasteiger partial charge on any atom is -0.367 e. The Kier molecular flexibility index (Phi) is 2.62. The molecule has 2 aliphatic rings. The molecule has 2 bridgehead atoms. The Morgan fingerprint density at radius 3 is 2.85 bits per heavy atom. The summed E-state index contributed by atoms with van der Waals surface area (Å²) in [5, 5.41) is 4.32. The first-order valence-corrected chi connectivity index (χ1v) is 7.54. The summed E-state index contributed by atoms with van der Waals surface area (Å²) in [5.74, 6) is 2.69. The molecule has 2 fully saturated rings. The van der Waals surface area contributed by atoms with Crippen molar-refractivity contribution in [3.05, 3.63) is 35.5 Å². The highest BCUT2D eigenvalue weighted by atomic mass is 16.5. The van der Waals surface area contributed by atoms with Crippen LogP contribution in [0.4, 0.5) is 5.88 Å². The maximum atomic E-state index is 6.06. The number of benzene rings is 1. The Morgan fingerprint density at radius 1 is 1.25 bits per heavy atom. The molecule has 2 aliphatic carbocycles.